The molecule has 17 heavy (non-hydrogen) atoms. The van der Waals surface area contributed by atoms with Crippen molar-refractivity contribution in [2.45, 2.75) is 32.9 Å². The Labute approximate surface area is 102 Å². The van der Waals surface area contributed by atoms with Gasteiger partial charge in [-0.15, -0.1) is 0 Å². The molecule has 0 aliphatic rings. The van der Waals surface area contributed by atoms with E-state index in [2.05, 4.69) is 5.32 Å². The summed E-state index contributed by atoms with van der Waals surface area (Å²) in [5, 5.41) is 2.79. The van der Waals surface area contributed by atoms with Gasteiger partial charge < -0.3 is 16.8 Å². The van der Waals surface area contributed by atoms with Crippen LogP contribution in [0.2, 0.25) is 0 Å². The van der Waals surface area contributed by atoms with Crippen LogP contribution in [0, 0.1) is 5.92 Å². The smallest absolute Gasteiger partial charge is 0.241 e. The molecular formula is C13H21N3O. The molecule has 0 unspecified atom stereocenters. The normalized spacial score (nSPS) is 12.5. The number of carbonyl (C=O) groups excluding carboxylic acids is 1. The van der Waals surface area contributed by atoms with Gasteiger partial charge in [0.2, 0.25) is 5.91 Å². The number of amides is 1. The number of carbonyl (C=O) groups is 1. The van der Waals surface area contributed by atoms with Crippen LogP contribution < -0.4 is 16.8 Å². The lowest BCUT2D eigenvalue weighted by molar-refractivity contribution is -0.117. The van der Waals surface area contributed by atoms with E-state index in [1.807, 2.05) is 38.1 Å². The summed E-state index contributed by atoms with van der Waals surface area (Å²) in [6.45, 7) is 4.59. The fourth-order valence-electron chi connectivity index (χ4n) is 1.57. The van der Waals surface area contributed by atoms with Crippen molar-refractivity contribution < 1.29 is 4.79 Å². The van der Waals surface area contributed by atoms with Crippen LogP contribution in [0.4, 0.5) is 5.69 Å². The van der Waals surface area contributed by atoms with E-state index in [0.717, 1.165) is 11.3 Å². The van der Waals surface area contributed by atoms with Crippen molar-refractivity contribution in [3.63, 3.8) is 0 Å². The molecule has 1 aromatic rings. The number of hydrogen-bond acceptors (Lipinski definition) is 3. The molecule has 5 N–H and O–H groups in total. The van der Waals surface area contributed by atoms with E-state index in [9.17, 15) is 4.79 Å². The maximum atomic E-state index is 11.7. The van der Waals surface area contributed by atoms with Gasteiger partial charge in [0.15, 0.2) is 0 Å². The predicted molar refractivity (Wildman–Crippen MR) is 70.4 cm³/mol. The van der Waals surface area contributed by atoms with Gasteiger partial charge in [0.25, 0.3) is 0 Å². The summed E-state index contributed by atoms with van der Waals surface area (Å²) in [6.07, 6.45) is 0.687. The molecule has 0 aliphatic heterocycles. The lowest BCUT2D eigenvalue weighted by atomic mass is 10.0. The molecule has 0 aliphatic carbocycles. The van der Waals surface area contributed by atoms with Crippen molar-refractivity contribution in [3.05, 3.63) is 29.8 Å². The number of benzene rings is 1. The molecule has 0 bridgehead atoms. The molecular weight excluding hydrogens is 214 g/mol. The van der Waals surface area contributed by atoms with Crippen molar-refractivity contribution in [1.29, 1.82) is 0 Å². The van der Waals surface area contributed by atoms with Gasteiger partial charge in [0.1, 0.15) is 0 Å². The Balaban J connectivity index is 2.55. The molecule has 1 aromatic carbocycles. The van der Waals surface area contributed by atoms with Crippen LogP contribution in [0.3, 0.4) is 0 Å². The van der Waals surface area contributed by atoms with E-state index in [1.54, 1.807) is 0 Å². The molecule has 1 atom stereocenters. The van der Waals surface area contributed by atoms with Crippen molar-refractivity contribution >= 4 is 11.6 Å². The van der Waals surface area contributed by atoms with Crippen LogP contribution in [-0.4, -0.2) is 11.9 Å². The summed E-state index contributed by atoms with van der Waals surface area (Å²) in [5.41, 5.74) is 13.1. The summed E-state index contributed by atoms with van der Waals surface area (Å²) in [7, 11) is 0. The van der Waals surface area contributed by atoms with E-state index < -0.39 is 6.04 Å². The van der Waals surface area contributed by atoms with Gasteiger partial charge in [-0.25, -0.2) is 0 Å². The van der Waals surface area contributed by atoms with Crippen LogP contribution in [0.1, 0.15) is 25.8 Å². The minimum atomic E-state index is -0.454. The van der Waals surface area contributed by atoms with Gasteiger partial charge in [-0.1, -0.05) is 26.0 Å². The largest absolute Gasteiger partial charge is 0.326 e. The summed E-state index contributed by atoms with van der Waals surface area (Å²) in [6, 6.07) is 7.00. The first kappa shape index (κ1) is 13.7. The van der Waals surface area contributed by atoms with Crippen molar-refractivity contribution in [1.82, 2.24) is 0 Å². The molecule has 4 nitrogen and oxygen atoms in total. The standard InChI is InChI=1S/C13H21N3O/c1-9(2)7-12(15)13(17)16-11-5-3-10(8-14)4-6-11/h3-6,9,12H,7-8,14-15H2,1-2H3,(H,16,17)/t12-/m0/s1. The van der Waals surface area contributed by atoms with Crippen molar-refractivity contribution in [3.8, 4) is 0 Å². The maximum Gasteiger partial charge on any atom is 0.241 e. The van der Waals surface area contributed by atoms with Crippen LogP contribution in [0.25, 0.3) is 0 Å². The highest BCUT2D eigenvalue weighted by atomic mass is 16.2. The molecule has 1 rings (SSSR count). The third kappa shape index (κ3) is 4.54. The zero-order valence-electron chi connectivity index (χ0n) is 10.4. The maximum absolute atomic E-state index is 11.7. The topological polar surface area (TPSA) is 81.1 Å². The number of hydrogen-bond donors (Lipinski definition) is 3. The molecule has 0 saturated heterocycles. The highest BCUT2D eigenvalue weighted by molar-refractivity contribution is 5.94. The van der Waals surface area contributed by atoms with E-state index in [0.29, 0.717) is 18.9 Å². The Bertz CT molecular complexity index is 359. The van der Waals surface area contributed by atoms with E-state index in [-0.39, 0.29) is 5.91 Å². The highest BCUT2D eigenvalue weighted by Crippen LogP contribution is 2.10. The molecule has 0 fully saturated rings. The lowest BCUT2D eigenvalue weighted by Gasteiger charge is -2.14. The summed E-state index contributed by atoms with van der Waals surface area (Å²) in [4.78, 5) is 11.7. The van der Waals surface area contributed by atoms with E-state index in [4.69, 9.17) is 11.5 Å². The lowest BCUT2D eigenvalue weighted by Crippen LogP contribution is -2.36. The molecule has 0 spiro atoms. The first-order valence-electron chi connectivity index (χ1n) is 5.88. The van der Waals surface area contributed by atoms with Gasteiger partial charge >= 0.3 is 0 Å². The van der Waals surface area contributed by atoms with Crippen molar-refractivity contribution in [2.24, 2.45) is 17.4 Å². The zero-order chi connectivity index (χ0) is 12.8. The minimum absolute atomic E-state index is 0.140. The Morgan fingerprint density at radius 1 is 1.29 bits per heavy atom. The van der Waals surface area contributed by atoms with Gasteiger partial charge in [-0.2, -0.15) is 0 Å². The Morgan fingerprint density at radius 2 is 1.88 bits per heavy atom. The molecule has 0 saturated carbocycles. The molecule has 0 heterocycles. The molecule has 1 amide bonds. The van der Waals surface area contributed by atoms with Gasteiger partial charge in [0.05, 0.1) is 6.04 Å². The highest BCUT2D eigenvalue weighted by Gasteiger charge is 2.14. The van der Waals surface area contributed by atoms with E-state index >= 15 is 0 Å². The zero-order valence-corrected chi connectivity index (χ0v) is 10.4. The van der Waals surface area contributed by atoms with Crippen LogP contribution in [-0.2, 0) is 11.3 Å². The SMILES string of the molecule is CC(C)C[C@H](N)C(=O)Nc1ccc(CN)cc1. The average molecular weight is 235 g/mol. The Hall–Kier alpha value is -1.39. The predicted octanol–water partition coefficient (Wildman–Crippen LogP) is 1.46. The molecule has 4 heteroatoms. The number of anilines is 1. The number of nitrogens with two attached hydrogens (primary N) is 2. The van der Waals surface area contributed by atoms with Crippen molar-refractivity contribution in [2.75, 3.05) is 5.32 Å². The summed E-state index contributed by atoms with van der Waals surface area (Å²) in [5.74, 6) is 0.273. The number of rotatable bonds is 5. The van der Waals surface area contributed by atoms with Gasteiger partial charge in [0, 0.05) is 12.2 Å². The Kier molecular flexibility index (Phi) is 5.12. The average Bonchev–Trinajstić information content (AvgIpc) is 2.29. The van der Waals surface area contributed by atoms with E-state index in [1.165, 1.54) is 0 Å². The summed E-state index contributed by atoms with van der Waals surface area (Å²) < 4.78 is 0. The summed E-state index contributed by atoms with van der Waals surface area (Å²) >= 11 is 0. The molecule has 0 radical (unpaired) electrons. The van der Waals surface area contributed by atoms with Crippen LogP contribution in [0.5, 0.6) is 0 Å². The van der Waals surface area contributed by atoms with Crippen LogP contribution in [0.15, 0.2) is 24.3 Å². The number of nitrogens with one attached hydrogen (secondary N) is 1. The third-order valence-corrected chi connectivity index (χ3v) is 2.52. The first-order chi connectivity index (χ1) is 8.02. The van der Waals surface area contributed by atoms with Gasteiger partial charge in [-0.3, -0.25) is 4.79 Å². The molecule has 94 valence electrons. The monoisotopic (exact) mass is 235 g/mol. The second kappa shape index (κ2) is 6.37. The van der Waals surface area contributed by atoms with Gasteiger partial charge in [-0.05, 0) is 30.0 Å². The second-order valence-electron chi connectivity index (χ2n) is 4.63. The van der Waals surface area contributed by atoms with Crippen LogP contribution >= 0.6 is 0 Å². The minimum Gasteiger partial charge on any atom is -0.326 e. The third-order valence-electron chi connectivity index (χ3n) is 2.52. The fourth-order valence-corrected chi connectivity index (χ4v) is 1.57. The quantitative estimate of drug-likeness (QED) is 0.722. The molecule has 0 aromatic heterocycles. The second-order valence-corrected chi connectivity index (χ2v) is 4.63. The first-order valence-corrected chi connectivity index (χ1v) is 5.88. The fraction of sp³-hybridized carbons (Fsp3) is 0.462. The Morgan fingerprint density at radius 3 is 2.35 bits per heavy atom.